The molecular weight excluding hydrogens is 805 g/mol. The molecule has 0 saturated carbocycles. The number of carbonyl (C=O) groups is 1. The molecule has 0 fully saturated rings. The highest BCUT2D eigenvalue weighted by Gasteiger charge is 2.37. The van der Waals surface area contributed by atoms with E-state index < -0.39 is 16.9 Å². The SMILES string of the molecule is C=CCOC(=O)C(=NOCc1cc(=O)c(OCc2ccc(OC)cc2)cn1OCc1ccc(OC)cc1)c1csc(NC(c2ccccc2)(c2ccccc2)c2ccccc2)n1. The number of nitrogens with one attached hydrogen (secondary N) is 1. The molecule has 7 aromatic rings. The largest absolute Gasteiger partial charge is 0.497 e. The molecule has 1 N–H and O–H groups in total. The number of oxime groups is 1. The van der Waals surface area contributed by atoms with Gasteiger partial charge in [-0.3, -0.25) is 4.79 Å². The lowest BCUT2D eigenvalue weighted by Gasteiger charge is -2.36. The summed E-state index contributed by atoms with van der Waals surface area (Å²) in [5.41, 5.74) is 3.66. The third kappa shape index (κ3) is 10.2. The van der Waals surface area contributed by atoms with Gasteiger partial charge in [0.15, 0.2) is 17.5 Å². The molecule has 0 saturated heterocycles. The van der Waals surface area contributed by atoms with Crippen molar-refractivity contribution in [1.29, 1.82) is 0 Å². The fraction of sp³-hybridized carbons (Fsp3) is 0.143. The topological polar surface area (TPSA) is 132 Å². The summed E-state index contributed by atoms with van der Waals surface area (Å²) in [5.74, 6) is 0.677. The number of hydrogen-bond acceptors (Lipinski definition) is 12. The van der Waals surface area contributed by atoms with Crippen LogP contribution in [0.25, 0.3) is 0 Å². The second-order valence-corrected chi connectivity index (χ2v) is 14.5. The number of nitrogens with zero attached hydrogens (tertiary/aromatic N) is 3. The molecule has 0 atom stereocenters. The van der Waals surface area contributed by atoms with Gasteiger partial charge in [0, 0.05) is 11.4 Å². The highest BCUT2D eigenvalue weighted by Crippen LogP contribution is 2.40. The van der Waals surface area contributed by atoms with Crippen molar-refractivity contribution in [3.05, 3.63) is 219 Å². The number of pyridine rings is 1. The molecule has 13 heteroatoms. The van der Waals surface area contributed by atoms with E-state index >= 15 is 0 Å². The van der Waals surface area contributed by atoms with Crippen LogP contribution in [0.2, 0.25) is 0 Å². The van der Waals surface area contributed by atoms with Gasteiger partial charge in [0.05, 0.1) is 20.4 Å². The number of methoxy groups -OCH3 is 2. The molecule has 0 aliphatic rings. The van der Waals surface area contributed by atoms with E-state index in [2.05, 4.69) is 53.4 Å². The summed E-state index contributed by atoms with van der Waals surface area (Å²) in [7, 11) is 3.19. The number of thiazole rings is 1. The smallest absolute Gasteiger partial charge is 0.363 e. The van der Waals surface area contributed by atoms with E-state index in [1.165, 1.54) is 34.4 Å². The summed E-state index contributed by atoms with van der Waals surface area (Å²) in [5, 5.41) is 10.2. The van der Waals surface area contributed by atoms with E-state index in [1.807, 2.05) is 103 Å². The minimum atomic E-state index is -0.865. The zero-order valence-corrected chi connectivity index (χ0v) is 35.0. The van der Waals surface area contributed by atoms with E-state index in [0.29, 0.717) is 22.3 Å². The Labute approximate surface area is 363 Å². The van der Waals surface area contributed by atoms with E-state index in [1.54, 1.807) is 19.6 Å². The number of aromatic nitrogens is 2. The molecule has 0 aliphatic heterocycles. The monoisotopic (exact) mass is 848 g/mol. The highest BCUT2D eigenvalue weighted by atomic mass is 32.1. The molecular formula is C49H44N4O8S. The summed E-state index contributed by atoms with van der Waals surface area (Å²) in [6.45, 7) is 3.58. The Balaban J connectivity index is 1.18. The van der Waals surface area contributed by atoms with Crippen molar-refractivity contribution in [2.24, 2.45) is 5.16 Å². The van der Waals surface area contributed by atoms with Crippen molar-refractivity contribution in [3.8, 4) is 17.2 Å². The number of carbonyl (C=O) groups excluding carboxylic acids is 1. The number of ether oxygens (including phenoxy) is 4. The Morgan fingerprint density at radius 1 is 0.774 bits per heavy atom. The lowest BCUT2D eigenvalue weighted by Crippen LogP contribution is -2.38. The maximum absolute atomic E-state index is 13.6. The number of hydrogen-bond donors (Lipinski definition) is 1. The van der Waals surface area contributed by atoms with E-state index in [-0.39, 0.29) is 43.6 Å². The third-order valence-corrected chi connectivity index (χ3v) is 10.5. The second kappa shape index (κ2) is 20.6. The van der Waals surface area contributed by atoms with Crippen LogP contribution in [0, 0.1) is 0 Å². The van der Waals surface area contributed by atoms with E-state index in [9.17, 15) is 9.59 Å². The van der Waals surface area contributed by atoms with Gasteiger partial charge in [0.1, 0.15) is 48.2 Å². The average Bonchev–Trinajstić information content (AvgIpc) is 3.79. The quantitative estimate of drug-likeness (QED) is 0.0262. The molecule has 0 radical (unpaired) electrons. The van der Waals surface area contributed by atoms with Gasteiger partial charge in [-0.05, 0) is 52.1 Å². The molecule has 62 heavy (non-hydrogen) atoms. The van der Waals surface area contributed by atoms with Crippen molar-refractivity contribution in [3.63, 3.8) is 0 Å². The van der Waals surface area contributed by atoms with Crippen LogP contribution in [0.1, 0.15) is 39.2 Å². The Bertz CT molecular complexity index is 2540. The summed E-state index contributed by atoms with van der Waals surface area (Å²) < 4.78 is 23.3. The Kier molecular flexibility index (Phi) is 14.1. The molecule has 12 nitrogen and oxygen atoms in total. The zero-order valence-electron chi connectivity index (χ0n) is 34.1. The summed E-state index contributed by atoms with van der Waals surface area (Å²) in [4.78, 5) is 43.8. The maximum Gasteiger partial charge on any atom is 0.363 e. The average molecular weight is 849 g/mol. The molecule has 2 heterocycles. The van der Waals surface area contributed by atoms with Gasteiger partial charge >= 0.3 is 5.97 Å². The number of esters is 1. The molecule has 0 aliphatic carbocycles. The third-order valence-electron chi connectivity index (χ3n) is 9.70. The van der Waals surface area contributed by atoms with Gasteiger partial charge in [-0.25, -0.2) is 9.78 Å². The minimum absolute atomic E-state index is 0.0524. The Morgan fingerprint density at radius 3 is 1.85 bits per heavy atom. The second-order valence-electron chi connectivity index (χ2n) is 13.7. The standard InChI is InChI=1S/C49H44N4O8S/c1-4-28-58-47(55)46(43-34-62-48(50-43)51-49(37-14-8-5-9-15-37,38-16-10-6-11-17-38)39-18-12-7-13-19-39)52-60-33-40-29-44(54)45(59-31-35-20-24-41(56-2)25-21-35)30-53(40)61-32-36-22-26-42(57-3)27-23-36/h4-27,29-30,34H,1,28,31-33H2,2-3H3,(H,50,51). The molecule has 0 spiro atoms. The molecule has 0 bridgehead atoms. The van der Waals surface area contributed by atoms with Crippen molar-refractivity contribution in [2.75, 3.05) is 26.1 Å². The molecule has 314 valence electrons. The predicted molar refractivity (Wildman–Crippen MR) is 239 cm³/mol. The van der Waals surface area contributed by atoms with Gasteiger partial charge < -0.3 is 33.9 Å². The molecule has 7 rings (SSSR count). The summed E-state index contributed by atoms with van der Waals surface area (Å²) in [6.07, 6.45) is 2.91. The van der Waals surface area contributed by atoms with Crippen LogP contribution in [0.15, 0.2) is 180 Å². The fourth-order valence-corrected chi connectivity index (χ4v) is 7.31. The van der Waals surface area contributed by atoms with Crippen LogP contribution in [-0.2, 0) is 39.7 Å². The first kappa shape index (κ1) is 42.5. The summed E-state index contributed by atoms with van der Waals surface area (Å²) >= 11 is 1.30. The minimum Gasteiger partial charge on any atom is -0.497 e. The lowest BCUT2D eigenvalue weighted by atomic mass is 9.77. The zero-order chi connectivity index (χ0) is 43.2. The lowest BCUT2D eigenvalue weighted by molar-refractivity contribution is -0.134. The van der Waals surface area contributed by atoms with Crippen LogP contribution in [0.5, 0.6) is 17.2 Å². The number of anilines is 1. The van der Waals surface area contributed by atoms with Crippen LogP contribution < -0.4 is 29.8 Å². The maximum atomic E-state index is 13.6. The van der Waals surface area contributed by atoms with E-state index in [0.717, 1.165) is 27.8 Å². The van der Waals surface area contributed by atoms with Crippen molar-refractivity contribution < 1.29 is 33.4 Å². The first-order valence-electron chi connectivity index (χ1n) is 19.6. The van der Waals surface area contributed by atoms with Gasteiger partial charge in [0.2, 0.25) is 11.1 Å². The molecule has 0 unspecified atom stereocenters. The predicted octanol–water partition coefficient (Wildman–Crippen LogP) is 8.58. The Hall–Kier alpha value is -7.64. The Morgan fingerprint density at radius 2 is 1.32 bits per heavy atom. The van der Waals surface area contributed by atoms with Crippen molar-refractivity contribution >= 4 is 28.1 Å². The first-order chi connectivity index (χ1) is 30.4. The normalized spacial score (nSPS) is 11.3. The highest BCUT2D eigenvalue weighted by molar-refractivity contribution is 7.14. The van der Waals surface area contributed by atoms with Crippen LogP contribution in [0.4, 0.5) is 5.13 Å². The molecule has 2 aromatic heterocycles. The van der Waals surface area contributed by atoms with Crippen molar-refractivity contribution in [1.82, 2.24) is 9.71 Å². The molecule has 5 aromatic carbocycles. The van der Waals surface area contributed by atoms with Gasteiger partial charge in [-0.2, -0.15) is 4.73 Å². The van der Waals surface area contributed by atoms with Crippen LogP contribution in [-0.4, -0.2) is 42.2 Å². The first-order valence-corrected chi connectivity index (χ1v) is 20.4. The number of benzene rings is 5. The molecule has 0 amide bonds. The van der Waals surface area contributed by atoms with Crippen LogP contribution in [0.3, 0.4) is 0 Å². The number of rotatable bonds is 20. The van der Waals surface area contributed by atoms with Gasteiger partial charge in [0.25, 0.3) is 0 Å². The van der Waals surface area contributed by atoms with Crippen LogP contribution >= 0.6 is 11.3 Å². The van der Waals surface area contributed by atoms with Crippen molar-refractivity contribution in [2.45, 2.75) is 25.4 Å². The fourth-order valence-electron chi connectivity index (χ4n) is 6.56. The van der Waals surface area contributed by atoms with E-state index in [4.69, 9.17) is 33.6 Å². The van der Waals surface area contributed by atoms with Gasteiger partial charge in [-0.15, -0.1) is 11.3 Å². The van der Waals surface area contributed by atoms with Gasteiger partial charge in [-0.1, -0.05) is 133 Å². The summed E-state index contributed by atoms with van der Waals surface area (Å²) in [6, 6.07) is 46.3.